The molecule has 1 aromatic heterocycles. The van der Waals surface area contributed by atoms with Crippen molar-refractivity contribution >= 4 is 29.4 Å². The molecule has 0 amide bonds. The monoisotopic (exact) mass is 241 g/mol. The number of rotatable bonds is 3. The number of nitrogens with two attached hydrogens (primary N) is 1. The number of nitrogen functional groups attached to an aromatic ring is 1. The van der Waals surface area contributed by atoms with Gasteiger partial charge in [-0.1, -0.05) is 16.8 Å². The Bertz CT molecular complexity index is 443. The Morgan fingerprint density at radius 2 is 2.07 bits per heavy atom. The summed E-state index contributed by atoms with van der Waals surface area (Å²) in [5.41, 5.74) is 5.30. The molecule has 0 fully saturated rings. The Balaban J connectivity index is 1.96. The highest BCUT2D eigenvalue weighted by atomic mass is 35.5. The van der Waals surface area contributed by atoms with Gasteiger partial charge in [0.05, 0.1) is 5.75 Å². The Morgan fingerprint density at radius 1 is 1.33 bits per heavy atom. The molecule has 0 radical (unpaired) electrons. The second-order valence-electron chi connectivity index (χ2n) is 2.79. The number of aromatic nitrogens is 2. The molecule has 2 N–H and O–H groups in total. The standard InChI is InChI=1S/C9H8ClN3OS/c10-6-1-3-7(4-2-6)15-5-8-12-9(11)14-13-8/h1-4H,5H2,(H2,11,12,13). The first-order chi connectivity index (χ1) is 7.24. The minimum Gasteiger partial charge on any atom is -0.351 e. The lowest BCUT2D eigenvalue weighted by Crippen LogP contribution is -1.86. The first-order valence-electron chi connectivity index (χ1n) is 4.20. The number of hydrogen-bond donors (Lipinski definition) is 1. The van der Waals surface area contributed by atoms with Crippen LogP contribution in [0.25, 0.3) is 0 Å². The Hall–Kier alpha value is -1.20. The molecule has 0 spiro atoms. The van der Waals surface area contributed by atoms with Crippen LogP contribution in [0, 0.1) is 0 Å². The van der Waals surface area contributed by atoms with Crippen molar-refractivity contribution in [2.45, 2.75) is 10.6 Å². The number of benzene rings is 1. The summed E-state index contributed by atoms with van der Waals surface area (Å²) in [4.78, 5) is 5.00. The van der Waals surface area contributed by atoms with Crippen LogP contribution in [-0.2, 0) is 5.75 Å². The molecule has 0 saturated heterocycles. The summed E-state index contributed by atoms with van der Waals surface area (Å²) in [5, 5.41) is 4.42. The molecule has 0 aliphatic heterocycles. The predicted octanol–water partition coefficient (Wildman–Crippen LogP) is 2.60. The van der Waals surface area contributed by atoms with Gasteiger partial charge in [0.15, 0.2) is 5.82 Å². The maximum absolute atomic E-state index is 5.77. The van der Waals surface area contributed by atoms with Gasteiger partial charge in [-0.2, -0.15) is 4.98 Å². The van der Waals surface area contributed by atoms with Gasteiger partial charge in [-0.25, -0.2) is 0 Å². The molecule has 4 nitrogen and oxygen atoms in total. The average molecular weight is 242 g/mol. The molecular formula is C9H8ClN3OS. The Morgan fingerprint density at radius 3 is 2.67 bits per heavy atom. The molecule has 2 aromatic rings. The summed E-state index contributed by atoms with van der Waals surface area (Å²) in [6.07, 6.45) is 0. The van der Waals surface area contributed by atoms with Gasteiger partial charge in [0.25, 0.3) is 0 Å². The molecule has 0 bridgehead atoms. The number of anilines is 1. The van der Waals surface area contributed by atoms with Crippen LogP contribution < -0.4 is 5.73 Å². The topological polar surface area (TPSA) is 64.9 Å². The summed E-state index contributed by atoms with van der Waals surface area (Å²) in [7, 11) is 0. The van der Waals surface area contributed by atoms with Crippen LogP contribution in [0.5, 0.6) is 0 Å². The highest BCUT2D eigenvalue weighted by Gasteiger charge is 2.03. The van der Waals surface area contributed by atoms with E-state index in [1.165, 1.54) is 0 Å². The first kappa shape index (κ1) is 10.3. The molecule has 0 aliphatic rings. The number of halogens is 1. The summed E-state index contributed by atoms with van der Waals surface area (Å²) < 4.78 is 4.65. The lowest BCUT2D eigenvalue weighted by atomic mass is 10.4. The predicted molar refractivity (Wildman–Crippen MR) is 59.7 cm³/mol. The molecule has 2 rings (SSSR count). The number of nitrogens with zero attached hydrogens (tertiary/aromatic N) is 2. The van der Waals surface area contributed by atoms with E-state index < -0.39 is 0 Å². The zero-order valence-corrected chi connectivity index (χ0v) is 9.26. The lowest BCUT2D eigenvalue weighted by Gasteiger charge is -1.97. The van der Waals surface area contributed by atoms with Gasteiger partial charge in [-0.15, -0.1) is 11.8 Å². The fourth-order valence-corrected chi connectivity index (χ4v) is 1.87. The fourth-order valence-electron chi connectivity index (χ4n) is 1.00. The average Bonchev–Trinajstić information content (AvgIpc) is 2.64. The third-order valence-electron chi connectivity index (χ3n) is 1.67. The minimum atomic E-state index is 0.0988. The van der Waals surface area contributed by atoms with Crippen molar-refractivity contribution in [1.29, 1.82) is 0 Å². The molecular weight excluding hydrogens is 234 g/mol. The first-order valence-corrected chi connectivity index (χ1v) is 5.57. The highest BCUT2D eigenvalue weighted by Crippen LogP contribution is 2.23. The number of hydrogen-bond acceptors (Lipinski definition) is 5. The quantitative estimate of drug-likeness (QED) is 0.837. The van der Waals surface area contributed by atoms with Crippen LogP contribution in [0.1, 0.15) is 5.82 Å². The van der Waals surface area contributed by atoms with E-state index >= 15 is 0 Å². The molecule has 0 saturated carbocycles. The van der Waals surface area contributed by atoms with E-state index in [1.807, 2.05) is 24.3 Å². The van der Waals surface area contributed by atoms with Crippen LogP contribution in [0.4, 0.5) is 6.01 Å². The highest BCUT2D eigenvalue weighted by molar-refractivity contribution is 7.98. The normalized spacial score (nSPS) is 10.5. The van der Waals surface area contributed by atoms with Crippen molar-refractivity contribution in [3.8, 4) is 0 Å². The van der Waals surface area contributed by atoms with E-state index in [-0.39, 0.29) is 6.01 Å². The van der Waals surface area contributed by atoms with E-state index in [9.17, 15) is 0 Å². The van der Waals surface area contributed by atoms with Crippen molar-refractivity contribution in [3.63, 3.8) is 0 Å². The van der Waals surface area contributed by atoms with Gasteiger partial charge in [0, 0.05) is 9.92 Å². The third kappa shape index (κ3) is 2.87. The number of thioether (sulfide) groups is 1. The van der Waals surface area contributed by atoms with Crippen molar-refractivity contribution in [1.82, 2.24) is 10.1 Å². The van der Waals surface area contributed by atoms with Crippen LogP contribution in [0.15, 0.2) is 33.7 Å². The van der Waals surface area contributed by atoms with E-state index in [4.69, 9.17) is 17.3 Å². The summed E-state index contributed by atoms with van der Waals surface area (Å²) in [6.45, 7) is 0. The van der Waals surface area contributed by atoms with E-state index in [1.54, 1.807) is 11.8 Å². The third-order valence-corrected chi connectivity index (χ3v) is 2.93. The zero-order chi connectivity index (χ0) is 10.7. The van der Waals surface area contributed by atoms with Crippen molar-refractivity contribution in [2.75, 3.05) is 5.73 Å². The van der Waals surface area contributed by atoms with Crippen molar-refractivity contribution in [2.24, 2.45) is 0 Å². The van der Waals surface area contributed by atoms with Gasteiger partial charge in [0.1, 0.15) is 0 Å². The summed E-state index contributed by atoms with van der Waals surface area (Å²) in [5.74, 6) is 1.22. The van der Waals surface area contributed by atoms with Crippen molar-refractivity contribution in [3.05, 3.63) is 35.1 Å². The summed E-state index contributed by atoms with van der Waals surface area (Å²) in [6, 6.07) is 7.66. The van der Waals surface area contributed by atoms with Gasteiger partial charge in [-0.05, 0) is 24.3 Å². The molecule has 78 valence electrons. The molecule has 1 heterocycles. The molecule has 15 heavy (non-hydrogen) atoms. The SMILES string of the molecule is Nc1nc(CSc2ccc(Cl)cc2)no1. The Kier molecular flexibility index (Phi) is 3.13. The smallest absolute Gasteiger partial charge is 0.318 e. The van der Waals surface area contributed by atoms with Crippen molar-refractivity contribution < 1.29 is 4.52 Å². The zero-order valence-electron chi connectivity index (χ0n) is 7.68. The maximum Gasteiger partial charge on any atom is 0.318 e. The van der Waals surface area contributed by atoms with E-state index in [0.717, 1.165) is 9.92 Å². The molecule has 0 aliphatic carbocycles. The van der Waals surface area contributed by atoms with Crippen LogP contribution in [-0.4, -0.2) is 10.1 Å². The van der Waals surface area contributed by atoms with Crippen LogP contribution >= 0.6 is 23.4 Å². The lowest BCUT2D eigenvalue weighted by molar-refractivity contribution is 0.429. The summed E-state index contributed by atoms with van der Waals surface area (Å²) >= 11 is 7.36. The Labute approximate surface area is 95.8 Å². The van der Waals surface area contributed by atoms with Crippen LogP contribution in [0.2, 0.25) is 5.02 Å². The fraction of sp³-hybridized carbons (Fsp3) is 0.111. The van der Waals surface area contributed by atoms with Gasteiger partial charge in [-0.3, -0.25) is 0 Å². The molecule has 0 unspecified atom stereocenters. The second kappa shape index (κ2) is 4.55. The van der Waals surface area contributed by atoms with Gasteiger partial charge in [0.2, 0.25) is 0 Å². The van der Waals surface area contributed by atoms with Crippen LogP contribution in [0.3, 0.4) is 0 Å². The maximum atomic E-state index is 5.77. The molecule has 0 atom stereocenters. The molecule has 6 heteroatoms. The van der Waals surface area contributed by atoms with E-state index in [2.05, 4.69) is 14.7 Å². The van der Waals surface area contributed by atoms with E-state index in [0.29, 0.717) is 11.6 Å². The van der Waals surface area contributed by atoms with Gasteiger partial charge < -0.3 is 10.3 Å². The largest absolute Gasteiger partial charge is 0.351 e. The van der Waals surface area contributed by atoms with Gasteiger partial charge >= 0.3 is 6.01 Å². The minimum absolute atomic E-state index is 0.0988. The molecule has 1 aromatic carbocycles. The second-order valence-corrected chi connectivity index (χ2v) is 4.28.